The number of carbonyl (C=O) groups is 1. The molecule has 0 saturated carbocycles. The second kappa shape index (κ2) is 10.4. The fourth-order valence-electron chi connectivity index (χ4n) is 3.57. The molecule has 0 fully saturated rings. The van der Waals surface area contributed by atoms with Gasteiger partial charge >= 0.3 is 0 Å². The van der Waals surface area contributed by atoms with Gasteiger partial charge < -0.3 is 5.32 Å². The van der Waals surface area contributed by atoms with Gasteiger partial charge in [0.25, 0.3) is 0 Å². The van der Waals surface area contributed by atoms with Crippen molar-refractivity contribution in [2.45, 2.75) is 33.6 Å². The van der Waals surface area contributed by atoms with Crippen molar-refractivity contribution >= 4 is 57.1 Å². The third-order valence-electron chi connectivity index (χ3n) is 5.58. The van der Waals surface area contributed by atoms with Crippen molar-refractivity contribution in [3.05, 3.63) is 87.9 Å². The van der Waals surface area contributed by atoms with Gasteiger partial charge in [-0.3, -0.25) is 9.79 Å². The van der Waals surface area contributed by atoms with E-state index in [1.165, 1.54) is 28.5 Å². The molecule has 3 aromatic carbocycles. The number of fused-ring (bicyclic) bond motifs is 1. The molecule has 1 heterocycles. The van der Waals surface area contributed by atoms with Gasteiger partial charge in [-0.25, -0.2) is 4.99 Å². The van der Waals surface area contributed by atoms with Crippen molar-refractivity contribution in [1.29, 1.82) is 0 Å². The van der Waals surface area contributed by atoms with E-state index in [0.717, 1.165) is 39.8 Å². The van der Waals surface area contributed by atoms with Gasteiger partial charge in [0, 0.05) is 17.1 Å². The molecule has 4 rings (SSSR count). The van der Waals surface area contributed by atoms with Crippen molar-refractivity contribution in [3.63, 3.8) is 0 Å². The predicted octanol–water partition coefficient (Wildman–Crippen LogP) is 7.45. The smallest absolute Gasteiger partial charge is 0.234 e. The number of thioether (sulfide) groups is 1. The monoisotopic (exact) mass is 475 g/mol. The Morgan fingerprint density at radius 2 is 1.70 bits per heavy atom. The van der Waals surface area contributed by atoms with Crippen molar-refractivity contribution in [2.24, 2.45) is 9.98 Å². The van der Waals surface area contributed by atoms with E-state index in [4.69, 9.17) is 21.6 Å². The van der Waals surface area contributed by atoms with Crippen LogP contribution >= 0.6 is 23.4 Å². The summed E-state index contributed by atoms with van der Waals surface area (Å²) < 4.78 is 0. The van der Waals surface area contributed by atoms with Gasteiger partial charge in [-0.15, -0.1) is 11.8 Å². The van der Waals surface area contributed by atoms with Crippen LogP contribution in [-0.2, 0) is 11.2 Å². The summed E-state index contributed by atoms with van der Waals surface area (Å²) >= 11 is 7.54. The van der Waals surface area contributed by atoms with Crippen LogP contribution < -0.4 is 5.32 Å². The molecule has 6 heteroatoms. The Morgan fingerprint density at radius 1 is 1.00 bits per heavy atom. The highest BCUT2D eigenvalue weighted by Gasteiger charge is 2.18. The Bertz CT molecular complexity index is 1250. The van der Waals surface area contributed by atoms with Crippen molar-refractivity contribution < 1.29 is 4.79 Å². The van der Waals surface area contributed by atoms with Gasteiger partial charge in [-0.1, -0.05) is 42.8 Å². The SMILES string of the molecule is CCc1cccc(NC(=O)CSC2=Nc3cc(C)c(C)cc3N=C(c3ccc(Cl)cc3)C2)c1. The topological polar surface area (TPSA) is 53.8 Å². The molecule has 0 aromatic heterocycles. The number of anilines is 1. The molecule has 0 radical (unpaired) electrons. The van der Waals surface area contributed by atoms with Crippen LogP contribution in [0.5, 0.6) is 0 Å². The maximum Gasteiger partial charge on any atom is 0.234 e. The third kappa shape index (κ3) is 5.92. The Kier molecular flexibility index (Phi) is 7.31. The molecule has 168 valence electrons. The first kappa shape index (κ1) is 23.3. The standard InChI is InChI=1S/C27H26ClN3OS/c1-4-19-6-5-7-22(14-19)29-26(32)16-33-27-15-23(20-8-10-21(28)11-9-20)30-24-12-17(2)18(3)13-25(24)31-27/h5-14H,4,15-16H2,1-3H3,(H,29,32). The summed E-state index contributed by atoms with van der Waals surface area (Å²) in [5.74, 6) is 0.231. The van der Waals surface area contributed by atoms with Crippen molar-refractivity contribution in [1.82, 2.24) is 0 Å². The number of nitrogens with one attached hydrogen (secondary N) is 1. The Labute approximate surface area is 204 Å². The molecular formula is C27H26ClN3OS. The third-order valence-corrected chi connectivity index (χ3v) is 6.80. The molecule has 1 aliphatic heterocycles. The summed E-state index contributed by atoms with van der Waals surface area (Å²) in [7, 11) is 0. The molecule has 0 unspecified atom stereocenters. The molecule has 1 N–H and O–H groups in total. The van der Waals surface area contributed by atoms with E-state index in [9.17, 15) is 4.79 Å². The lowest BCUT2D eigenvalue weighted by atomic mass is 10.1. The number of benzene rings is 3. The number of nitrogens with zero attached hydrogens (tertiary/aromatic N) is 2. The molecule has 1 aliphatic rings. The van der Waals surface area contributed by atoms with Gasteiger partial charge in [-0.2, -0.15) is 0 Å². The maximum absolute atomic E-state index is 12.6. The highest BCUT2D eigenvalue weighted by molar-refractivity contribution is 8.14. The normalized spacial score (nSPS) is 13.0. The van der Waals surface area contributed by atoms with E-state index in [0.29, 0.717) is 11.4 Å². The van der Waals surface area contributed by atoms with Crippen LogP contribution in [0.25, 0.3) is 0 Å². The zero-order valence-electron chi connectivity index (χ0n) is 19.0. The van der Waals surface area contributed by atoms with E-state index in [1.807, 2.05) is 42.5 Å². The van der Waals surface area contributed by atoms with E-state index < -0.39 is 0 Å². The largest absolute Gasteiger partial charge is 0.325 e. The number of aryl methyl sites for hydroxylation is 3. The fraction of sp³-hybridized carbons (Fsp3) is 0.222. The zero-order chi connectivity index (χ0) is 23.4. The van der Waals surface area contributed by atoms with Gasteiger partial charge in [0.2, 0.25) is 5.91 Å². The minimum atomic E-state index is -0.0505. The van der Waals surface area contributed by atoms with Crippen LogP contribution in [0.3, 0.4) is 0 Å². The number of amides is 1. The average Bonchev–Trinajstić information content (AvgIpc) is 2.97. The van der Waals surface area contributed by atoms with E-state index in [1.54, 1.807) is 0 Å². The first-order valence-corrected chi connectivity index (χ1v) is 12.3. The molecule has 0 aliphatic carbocycles. The number of rotatable bonds is 5. The summed E-state index contributed by atoms with van der Waals surface area (Å²) in [5.41, 5.74) is 7.95. The van der Waals surface area contributed by atoms with Crippen LogP contribution in [0, 0.1) is 13.8 Å². The van der Waals surface area contributed by atoms with Gasteiger partial charge in [0.1, 0.15) is 0 Å². The number of hydrogen-bond acceptors (Lipinski definition) is 4. The Morgan fingerprint density at radius 3 is 2.39 bits per heavy atom. The van der Waals surface area contributed by atoms with E-state index in [-0.39, 0.29) is 11.7 Å². The van der Waals surface area contributed by atoms with E-state index >= 15 is 0 Å². The minimum Gasteiger partial charge on any atom is -0.325 e. The first-order chi connectivity index (χ1) is 15.9. The van der Waals surface area contributed by atoms with Crippen LogP contribution in [-0.4, -0.2) is 22.4 Å². The lowest BCUT2D eigenvalue weighted by Crippen LogP contribution is -2.16. The second-order valence-electron chi connectivity index (χ2n) is 8.06. The molecule has 0 atom stereocenters. The van der Waals surface area contributed by atoms with Gasteiger partial charge in [-0.05, 0) is 78.9 Å². The summed E-state index contributed by atoms with van der Waals surface area (Å²) in [4.78, 5) is 22.5. The number of carbonyl (C=O) groups excluding carboxylic acids is 1. The van der Waals surface area contributed by atoms with Crippen LogP contribution in [0.15, 0.2) is 70.6 Å². The van der Waals surface area contributed by atoms with Gasteiger partial charge in [0.05, 0.1) is 27.9 Å². The quantitative estimate of drug-likeness (QED) is 0.416. The summed E-state index contributed by atoms with van der Waals surface area (Å²) in [6, 6.07) is 19.8. The summed E-state index contributed by atoms with van der Waals surface area (Å²) in [5, 5.41) is 4.55. The van der Waals surface area contributed by atoms with Crippen molar-refractivity contribution in [2.75, 3.05) is 11.1 Å². The number of hydrogen-bond donors (Lipinski definition) is 1. The molecular weight excluding hydrogens is 450 g/mol. The minimum absolute atomic E-state index is 0.0505. The molecule has 1 amide bonds. The summed E-state index contributed by atoms with van der Waals surface area (Å²) in [6.07, 6.45) is 1.48. The lowest BCUT2D eigenvalue weighted by molar-refractivity contribution is -0.113. The Balaban J connectivity index is 1.56. The molecule has 4 nitrogen and oxygen atoms in total. The lowest BCUT2D eigenvalue weighted by Gasteiger charge is -2.09. The Hall–Kier alpha value is -2.89. The first-order valence-electron chi connectivity index (χ1n) is 10.9. The number of aliphatic imine (C=N–C) groups is 2. The van der Waals surface area contributed by atoms with Crippen LogP contribution in [0.4, 0.5) is 17.1 Å². The molecule has 3 aromatic rings. The summed E-state index contributed by atoms with van der Waals surface area (Å²) in [6.45, 7) is 6.25. The second-order valence-corrected chi connectivity index (χ2v) is 9.55. The zero-order valence-corrected chi connectivity index (χ0v) is 20.6. The molecule has 0 saturated heterocycles. The molecule has 0 bridgehead atoms. The predicted molar refractivity (Wildman–Crippen MR) is 142 cm³/mol. The molecule has 0 spiro atoms. The fourth-order valence-corrected chi connectivity index (χ4v) is 4.47. The number of halogens is 1. The van der Waals surface area contributed by atoms with E-state index in [2.05, 4.69) is 44.3 Å². The highest BCUT2D eigenvalue weighted by atomic mass is 35.5. The maximum atomic E-state index is 12.6. The van der Waals surface area contributed by atoms with Gasteiger partial charge in [0.15, 0.2) is 0 Å². The van der Waals surface area contributed by atoms with Crippen LogP contribution in [0.2, 0.25) is 5.02 Å². The molecule has 33 heavy (non-hydrogen) atoms. The van der Waals surface area contributed by atoms with Crippen molar-refractivity contribution in [3.8, 4) is 0 Å². The van der Waals surface area contributed by atoms with Crippen LogP contribution in [0.1, 0.15) is 35.6 Å². The average molecular weight is 476 g/mol. The highest BCUT2D eigenvalue weighted by Crippen LogP contribution is 2.36.